The van der Waals surface area contributed by atoms with Crippen LogP contribution in [0.2, 0.25) is 5.02 Å². The van der Waals surface area contributed by atoms with Crippen LogP contribution >= 0.6 is 11.6 Å². The molecule has 3 atom stereocenters. The number of nitrogens with zero attached hydrogens (tertiary/aromatic N) is 6. The number of likely N-dealkylation sites (tertiary alicyclic amines) is 1. The first-order chi connectivity index (χ1) is 21.2. The van der Waals surface area contributed by atoms with E-state index in [0.717, 1.165) is 57.2 Å². The predicted octanol–water partition coefficient (Wildman–Crippen LogP) is 5.54. The molecule has 1 N–H and O–H groups in total. The number of ether oxygens (including phenoxy) is 1. The lowest BCUT2D eigenvalue weighted by atomic mass is 9.92. The Balaban J connectivity index is 1.31. The van der Waals surface area contributed by atoms with Gasteiger partial charge in [0.2, 0.25) is 5.91 Å². The molecule has 3 aliphatic heterocycles. The third kappa shape index (κ3) is 5.05. The van der Waals surface area contributed by atoms with E-state index in [2.05, 4.69) is 28.4 Å². The van der Waals surface area contributed by atoms with Crippen LogP contribution in [-0.2, 0) is 4.79 Å². The number of rotatable bonds is 8. The number of aromatic nitrogens is 3. The molecule has 9 nitrogen and oxygen atoms in total. The number of likely N-dealkylation sites (N-methyl/N-ethyl adjacent to an activating group) is 1. The Morgan fingerprint density at radius 1 is 1.27 bits per heavy atom. The minimum absolute atomic E-state index is 0.0430. The zero-order valence-corrected chi connectivity index (χ0v) is 26.0. The second-order valence-corrected chi connectivity index (χ2v) is 13.5. The first kappa shape index (κ1) is 29.2. The maximum Gasteiger partial charge on any atom is 0.319 e. The van der Waals surface area contributed by atoms with Crippen molar-refractivity contribution >= 4 is 34.2 Å². The van der Waals surface area contributed by atoms with Crippen LogP contribution in [0.3, 0.4) is 0 Å². The van der Waals surface area contributed by atoms with Gasteiger partial charge in [0.05, 0.1) is 10.9 Å². The fourth-order valence-corrected chi connectivity index (χ4v) is 8.08. The Bertz CT molecular complexity index is 1650. The summed E-state index contributed by atoms with van der Waals surface area (Å²) in [7, 11) is 1.90. The number of anilines is 1. The Labute approximate surface area is 261 Å². The maximum absolute atomic E-state index is 16.7. The Hall–Kier alpha value is -3.50. The van der Waals surface area contributed by atoms with Crippen molar-refractivity contribution in [1.82, 2.24) is 24.8 Å². The van der Waals surface area contributed by atoms with E-state index in [1.54, 1.807) is 11.1 Å². The number of phenols is 1. The third-order valence-corrected chi connectivity index (χ3v) is 10.3. The predicted molar refractivity (Wildman–Crippen MR) is 168 cm³/mol. The number of carbonyl (C=O) groups is 1. The van der Waals surface area contributed by atoms with Gasteiger partial charge in [0.25, 0.3) is 0 Å². The van der Waals surface area contributed by atoms with Crippen molar-refractivity contribution in [3.63, 3.8) is 0 Å². The zero-order valence-electron chi connectivity index (χ0n) is 25.2. The summed E-state index contributed by atoms with van der Waals surface area (Å²) in [6, 6.07) is 3.10. The first-order valence-electron chi connectivity index (χ1n) is 15.6. The van der Waals surface area contributed by atoms with Crippen molar-refractivity contribution in [1.29, 1.82) is 0 Å². The lowest BCUT2D eigenvalue weighted by molar-refractivity contribution is -0.125. The van der Waals surface area contributed by atoms with Gasteiger partial charge in [-0.15, -0.1) is 0 Å². The molecule has 3 aromatic rings. The standard InChI is InChI=1S/C33H38ClFN6O3/c1-4-26(43)40-11-8-21(17-40)39(3)31-24-15-36-29(23-12-22(42)13-25(34)27(23)20-6-7-20)28(35)30(24)37-32(38-31)44-18-33-9-5-10-41(33)16-19(2)14-33/h4,12-13,15,19-21,42H,1,5-11,14,16-18H2,2-3H3. The van der Waals surface area contributed by atoms with Gasteiger partial charge in [-0.25, -0.2) is 4.39 Å². The summed E-state index contributed by atoms with van der Waals surface area (Å²) in [6.07, 6.45) is 8.78. The Morgan fingerprint density at radius 2 is 2.09 bits per heavy atom. The molecular formula is C33H38ClFN6O3. The SMILES string of the molecule is C=CC(=O)N1CCC(N(C)c2nc(OCC34CCCN3CC(C)C4)nc3c(F)c(-c4cc(O)cc(Cl)c4C4CC4)ncc23)C1. The van der Waals surface area contributed by atoms with Crippen molar-refractivity contribution in [2.45, 2.75) is 62.9 Å². The van der Waals surface area contributed by atoms with Gasteiger partial charge >= 0.3 is 6.01 Å². The normalized spacial score (nSPS) is 25.0. The van der Waals surface area contributed by atoms with Crippen LogP contribution in [-0.4, -0.2) is 87.2 Å². The summed E-state index contributed by atoms with van der Waals surface area (Å²) in [4.78, 5) is 32.6. The minimum Gasteiger partial charge on any atom is -0.508 e. The Morgan fingerprint density at radius 3 is 2.86 bits per heavy atom. The molecule has 0 spiro atoms. The molecule has 0 radical (unpaired) electrons. The fraction of sp³-hybridized carbons (Fsp3) is 0.515. The quantitative estimate of drug-likeness (QED) is 0.328. The largest absolute Gasteiger partial charge is 0.508 e. The van der Waals surface area contributed by atoms with Gasteiger partial charge in [-0.1, -0.05) is 25.1 Å². The van der Waals surface area contributed by atoms with Crippen LogP contribution in [0.5, 0.6) is 11.8 Å². The van der Waals surface area contributed by atoms with E-state index in [1.165, 1.54) is 18.2 Å². The number of hydrogen-bond donors (Lipinski definition) is 1. The highest BCUT2D eigenvalue weighted by molar-refractivity contribution is 6.32. The molecule has 5 heterocycles. The van der Waals surface area contributed by atoms with Crippen molar-refractivity contribution < 1.29 is 19.0 Å². The van der Waals surface area contributed by atoms with Gasteiger partial charge < -0.3 is 19.6 Å². The topological polar surface area (TPSA) is 94.9 Å². The molecule has 2 aromatic heterocycles. The number of benzene rings is 1. The van der Waals surface area contributed by atoms with E-state index in [-0.39, 0.29) is 46.4 Å². The van der Waals surface area contributed by atoms with Gasteiger partial charge in [0, 0.05) is 49.5 Å². The number of amides is 1. The summed E-state index contributed by atoms with van der Waals surface area (Å²) in [5.74, 6) is 0.511. The number of pyridine rings is 1. The smallest absolute Gasteiger partial charge is 0.319 e. The average molecular weight is 621 g/mol. The molecule has 4 aliphatic rings. The monoisotopic (exact) mass is 620 g/mol. The van der Waals surface area contributed by atoms with Crippen molar-refractivity contribution in [2.75, 3.05) is 44.7 Å². The second kappa shape index (κ2) is 11.1. The number of halogens is 2. The summed E-state index contributed by atoms with van der Waals surface area (Å²) in [5, 5.41) is 11.2. The zero-order chi connectivity index (χ0) is 30.7. The molecule has 1 amide bonds. The minimum atomic E-state index is -0.613. The molecule has 232 valence electrons. The molecular weight excluding hydrogens is 583 g/mol. The fourth-order valence-electron chi connectivity index (χ4n) is 7.71. The summed E-state index contributed by atoms with van der Waals surface area (Å²) < 4.78 is 23.1. The molecule has 3 unspecified atom stereocenters. The van der Waals surface area contributed by atoms with E-state index < -0.39 is 5.82 Å². The molecule has 44 heavy (non-hydrogen) atoms. The molecule has 1 aromatic carbocycles. The van der Waals surface area contributed by atoms with Gasteiger partial charge in [-0.2, -0.15) is 9.97 Å². The van der Waals surface area contributed by atoms with E-state index in [9.17, 15) is 9.90 Å². The van der Waals surface area contributed by atoms with Crippen molar-refractivity contribution in [2.24, 2.45) is 5.92 Å². The second-order valence-electron chi connectivity index (χ2n) is 13.1. The van der Waals surface area contributed by atoms with E-state index in [1.807, 2.05) is 11.9 Å². The van der Waals surface area contributed by atoms with Crippen LogP contribution in [0.1, 0.15) is 56.9 Å². The van der Waals surface area contributed by atoms with Crippen LogP contribution in [0, 0.1) is 11.7 Å². The number of phenolic OH excluding ortho intramolecular Hbond substituents is 1. The maximum atomic E-state index is 16.7. The summed E-state index contributed by atoms with van der Waals surface area (Å²) >= 11 is 6.56. The van der Waals surface area contributed by atoms with E-state index >= 15 is 4.39 Å². The van der Waals surface area contributed by atoms with Gasteiger partial charge in [0.15, 0.2) is 5.82 Å². The van der Waals surface area contributed by atoms with Crippen LogP contribution in [0.25, 0.3) is 22.2 Å². The van der Waals surface area contributed by atoms with Gasteiger partial charge in [-0.3, -0.25) is 14.7 Å². The molecule has 4 fully saturated rings. The lowest BCUT2D eigenvalue weighted by Crippen LogP contribution is -2.43. The van der Waals surface area contributed by atoms with Crippen molar-refractivity contribution in [3.05, 3.63) is 47.4 Å². The highest BCUT2D eigenvalue weighted by Crippen LogP contribution is 2.49. The van der Waals surface area contributed by atoms with Gasteiger partial charge in [-0.05, 0) is 80.7 Å². The Kier molecular flexibility index (Phi) is 7.40. The molecule has 0 bridgehead atoms. The molecule has 7 rings (SSSR count). The van der Waals surface area contributed by atoms with Crippen LogP contribution in [0.15, 0.2) is 31.0 Å². The molecule has 11 heteroatoms. The first-order valence-corrected chi connectivity index (χ1v) is 16.0. The van der Waals surface area contributed by atoms with Crippen LogP contribution < -0.4 is 9.64 Å². The van der Waals surface area contributed by atoms with E-state index in [0.29, 0.717) is 47.4 Å². The third-order valence-electron chi connectivity index (χ3n) is 10.0. The highest BCUT2D eigenvalue weighted by atomic mass is 35.5. The van der Waals surface area contributed by atoms with E-state index in [4.69, 9.17) is 21.3 Å². The highest BCUT2D eigenvalue weighted by Gasteiger charge is 2.48. The van der Waals surface area contributed by atoms with Crippen LogP contribution in [0.4, 0.5) is 10.2 Å². The molecule has 3 saturated heterocycles. The van der Waals surface area contributed by atoms with Gasteiger partial charge in [0.1, 0.15) is 29.4 Å². The average Bonchev–Trinajstić information content (AvgIpc) is 3.43. The summed E-state index contributed by atoms with van der Waals surface area (Å²) in [5.41, 5.74) is 1.40. The number of aromatic hydroxyl groups is 1. The van der Waals surface area contributed by atoms with Crippen molar-refractivity contribution in [3.8, 4) is 23.0 Å². The lowest BCUT2D eigenvalue weighted by Gasteiger charge is -2.31. The number of hydrogen-bond acceptors (Lipinski definition) is 8. The molecule has 1 saturated carbocycles. The number of carbonyl (C=O) groups excluding carboxylic acids is 1. The number of fused-ring (bicyclic) bond motifs is 2. The molecule has 1 aliphatic carbocycles. The summed E-state index contributed by atoms with van der Waals surface area (Å²) in [6.45, 7) is 9.54.